The highest BCUT2D eigenvalue weighted by molar-refractivity contribution is 9.10. The number of carbonyl (C=O) groups is 1. The molecule has 1 aliphatic heterocycles. The number of nitrogens with zero attached hydrogens (tertiary/aromatic N) is 1. The molecular weight excluding hydrogens is 344 g/mol. The Balaban J connectivity index is 1.93. The van der Waals surface area contributed by atoms with Crippen molar-refractivity contribution in [3.8, 4) is 0 Å². The van der Waals surface area contributed by atoms with Crippen molar-refractivity contribution < 1.29 is 9.53 Å². The Morgan fingerprint density at radius 3 is 2.45 bits per heavy atom. The molecule has 2 rings (SSSR count). The first-order valence-electron chi connectivity index (χ1n) is 7.69. The molecule has 1 aliphatic rings. The number of piperidine rings is 1. The van der Waals surface area contributed by atoms with Crippen molar-refractivity contribution in [3.05, 3.63) is 34.3 Å². The molecule has 22 heavy (non-hydrogen) atoms. The van der Waals surface area contributed by atoms with E-state index in [0.717, 1.165) is 23.7 Å². The lowest BCUT2D eigenvalue weighted by Gasteiger charge is -2.39. The van der Waals surface area contributed by atoms with Crippen LogP contribution in [0.4, 0.5) is 4.79 Å². The van der Waals surface area contributed by atoms with E-state index in [4.69, 9.17) is 10.5 Å². The van der Waals surface area contributed by atoms with Crippen molar-refractivity contribution in [2.24, 2.45) is 5.73 Å². The normalized spacial score (nSPS) is 18.1. The number of hydrogen-bond acceptors (Lipinski definition) is 3. The van der Waals surface area contributed by atoms with Crippen LogP contribution in [0.5, 0.6) is 0 Å². The third-order valence-corrected chi connectivity index (χ3v) is 4.68. The number of carbonyl (C=O) groups excluding carboxylic acids is 1. The molecule has 122 valence electrons. The van der Waals surface area contributed by atoms with Crippen molar-refractivity contribution in [2.45, 2.75) is 51.2 Å². The van der Waals surface area contributed by atoms with Crippen LogP contribution in [-0.4, -0.2) is 35.2 Å². The van der Waals surface area contributed by atoms with Crippen LogP contribution in [0.1, 0.15) is 39.2 Å². The minimum atomic E-state index is -0.455. The number of halogens is 1. The van der Waals surface area contributed by atoms with Crippen molar-refractivity contribution in [3.63, 3.8) is 0 Å². The Labute approximate surface area is 141 Å². The van der Waals surface area contributed by atoms with Crippen molar-refractivity contribution in [2.75, 3.05) is 13.1 Å². The maximum absolute atomic E-state index is 12.1. The Hall–Kier alpha value is -1.07. The van der Waals surface area contributed by atoms with Crippen molar-refractivity contribution >= 4 is 22.0 Å². The predicted octanol–water partition coefficient (Wildman–Crippen LogP) is 3.72. The van der Waals surface area contributed by atoms with Crippen LogP contribution < -0.4 is 5.73 Å². The third-order valence-electron chi connectivity index (χ3n) is 3.91. The van der Waals surface area contributed by atoms with E-state index < -0.39 is 5.60 Å². The summed E-state index contributed by atoms with van der Waals surface area (Å²) >= 11 is 3.58. The molecule has 0 saturated carbocycles. The van der Waals surface area contributed by atoms with E-state index in [2.05, 4.69) is 22.0 Å². The Morgan fingerprint density at radius 2 is 1.91 bits per heavy atom. The number of ether oxygens (including phenoxy) is 1. The average molecular weight is 369 g/mol. The monoisotopic (exact) mass is 368 g/mol. The summed E-state index contributed by atoms with van der Waals surface area (Å²) in [6.07, 6.45) is 2.15. The molecule has 2 N–H and O–H groups in total. The quantitative estimate of drug-likeness (QED) is 0.865. The summed E-state index contributed by atoms with van der Waals surface area (Å²) in [6.45, 7) is 6.95. The minimum Gasteiger partial charge on any atom is -0.444 e. The minimum absolute atomic E-state index is 0.240. The molecule has 0 bridgehead atoms. The van der Waals surface area contributed by atoms with Gasteiger partial charge in [0.15, 0.2) is 0 Å². The van der Waals surface area contributed by atoms with Crippen LogP contribution in [0.2, 0.25) is 0 Å². The van der Waals surface area contributed by atoms with Gasteiger partial charge in [0, 0.05) is 23.1 Å². The van der Waals surface area contributed by atoms with Gasteiger partial charge in [0.1, 0.15) is 5.60 Å². The van der Waals surface area contributed by atoms with Gasteiger partial charge >= 0.3 is 6.09 Å². The smallest absolute Gasteiger partial charge is 0.410 e. The van der Waals surface area contributed by atoms with Gasteiger partial charge in [-0.15, -0.1) is 0 Å². The highest BCUT2D eigenvalue weighted by Crippen LogP contribution is 2.28. The topological polar surface area (TPSA) is 55.6 Å². The van der Waals surface area contributed by atoms with Crippen LogP contribution >= 0.6 is 15.9 Å². The van der Waals surface area contributed by atoms with Gasteiger partial charge in [0.05, 0.1) is 0 Å². The van der Waals surface area contributed by atoms with Gasteiger partial charge in [-0.05, 0) is 51.7 Å². The number of rotatable bonds is 2. The summed E-state index contributed by atoms with van der Waals surface area (Å²) in [7, 11) is 0. The van der Waals surface area contributed by atoms with Gasteiger partial charge in [0.25, 0.3) is 0 Å². The zero-order valence-electron chi connectivity index (χ0n) is 13.6. The Bertz CT molecular complexity index is 532. The summed E-state index contributed by atoms with van der Waals surface area (Å²) in [4.78, 5) is 13.9. The fourth-order valence-corrected chi connectivity index (χ4v) is 3.08. The first-order chi connectivity index (χ1) is 10.2. The second kappa shape index (κ2) is 6.59. The molecule has 0 atom stereocenters. The number of hydrogen-bond donors (Lipinski definition) is 1. The van der Waals surface area contributed by atoms with Gasteiger partial charge in [-0.3, -0.25) is 0 Å². The molecule has 0 unspecified atom stereocenters. The molecule has 1 heterocycles. The molecule has 1 saturated heterocycles. The second-order valence-corrected chi connectivity index (χ2v) is 7.95. The van der Waals surface area contributed by atoms with Gasteiger partial charge < -0.3 is 15.4 Å². The highest BCUT2D eigenvalue weighted by Gasteiger charge is 2.34. The Kier molecular flexibility index (Phi) is 5.17. The molecule has 0 spiro atoms. The van der Waals surface area contributed by atoms with Gasteiger partial charge in [-0.2, -0.15) is 0 Å². The van der Waals surface area contributed by atoms with Crippen molar-refractivity contribution in [1.29, 1.82) is 0 Å². The number of nitrogens with two attached hydrogens (primary N) is 1. The van der Waals surface area contributed by atoms with E-state index in [0.29, 0.717) is 13.1 Å². The summed E-state index contributed by atoms with van der Waals surface area (Å²) < 4.78 is 6.51. The molecule has 1 fully saturated rings. The fraction of sp³-hybridized carbons (Fsp3) is 0.588. The maximum atomic E-state index is 12.1. The molecule has 5 heteroatoms. The molecule has 0 aliphatic carbocycles. The largest absolute Gasteiger partial charge is 0.444 e. The van der Waals surface area contributed by atoms with E-state index in [1.54, 1.807) is 4.90 Å². The molecule has 0 aromatic heterocycles. The SMILES string of the molecule is CC(C)(C)OC(=O)N1CCC(N)(Cc2ccccc2Br)CC1. The lowest BCUT2D eigenvalue weighted by molar-refractivity contribution is 0.0169. The molecule has 1 amide bonds. The van der Waals surface area contributed by atoms with E-state index >= 15 is 0 Å². The molecule has 4 nitrogen and oxygen atoms in total. The molecule has 1 aromatic rings. The molecular formula is C17H25BrN2O2. The van der Waals surface area contributed by atoms with Crippen LogP contribution in [0, 0.1) is 0 Å². The fourth-order valence-electron chi connectivity index (χ4n) is 2.66. The van der Waals surface area contributed by atoms with E-state index in [1.165, 1.54) is 5.56 Å². The lowest BCUT2D eigenvalue weighted by atomic mass is 9.83. The number of benzene rings is 1. The average Bonchev–Trinajstić information content (AvgIpc) is 2.40. The molecule has 1 aromatic carbocycles. The third kappa shape index (κ3) is 4.71. The van der Waals surface area contributed by atoms with Crippen LogP contribution in [0.25, 0.3) is 0 Å². The predicted molar refractivity (Wildman–Crippen MR) is 91.8 cm³/mol. The van der Waals surface area contributed by atoms with Gasteiger partial charge in [-0.25, -0.2) is 4.79 Å². The van der Waals surface area contributed by atoms with E-state index in [1.807, 2.05) is 39.0 Å². The summed E-state index contributed by atoms with van der Waals surface area (Å²) in [5.41, 5.74) is 7.05. The number of likely N-dealkylation sites (tertiary alicyclic amines) is 1. The summed E-state index contributed by atoms with van der Waals surface area (Å²) in [5.74, 6) is 0. The maximum Gasteiger partial charge on any atom is 0.410 e. The molecule has 0 radical (unpaired) electrons. The summed E-state index contributed by atoms with van der Waals surface area (Å²) in [6, 6.07) is 8.16. The lowest BCUT2D eigenvalue weighted by Crippen LogP contribution is -2.53. The van der Waals surface area contributed by atoms with Crippen LogP contribution in [0.15, 0.2) is 28.7 Å². The zero-order chi connectivity index (χ0) is 16.4. The standard InChI is InChI=1S/C17H25BrN2O2/c1-16(2,3)22-15(21)20-10-8-17(19,9-11-20)12-13-6-4-5-7-14(13)18/h4-7H,8-12,19H2,1-3H3. The van der Waals surface area contributed by atoms with Crippen LogP contribution in [0.3, 0.4) is 0 Å². The zero-order valence-corrected chi connectivity index (χ0v) is 15.1. The van der Waals surface area contributed by atoms with E-state index in [-0.39, 0.29) is 11.6 Å². The van der Waals surface area contributed by atoms with Crippen molar-refractivity contribution in [1.82, 2.24) is 4.90 Å². The van der Waals surface area contributed by atoms with Gasteiger partial charge in [-0.1, -0.05) is 34.1 Å². The Morgan fingerprint density at radius 1 is 1.32 bits per heavy atom. The second-order valence-electron chi connectivity index (χ2n) is 7.10. The highest BCUT2D eigenvalue weighted by atomic mass is 79.9. The summed E-state index contributed by atoms with van der Waals surface area (Å²) in [5, 5.41) is 0. The van der Waals surface area contributed by atoms with E-state index in [9.17, 15) is 4.79 Å². The number of amides is 1. The van der Waals surface area contributed by atoms with Gasteiger partial charge in [0.2, 0.25) is 0 Å². The van der Waals surface area contributed by atoms with Crippen LogP contribution in [-0.2, 0) is 11.2 Å². The first-order valence-corrected chi connectivity index (χ1v) is 8.48. The first kappa shape index (κ1) is 17.3.